The quantitative estimate of drug-likeness (QED) is 0.664. The Balaban J connectivity index is 1.59. The fourth-order valence-corrected chi connectivity index (χ4v) is 4.38. The summed E-state index contributed by atoms with van der Waals surface area (Å²) in [5, 5.41) is 2.94. The number of rotatable bonds is 7. The molecule has 154 valence electrons. The summed E-state index contributed by atoms with van der Waals surface area (Å²) in [6, 6.07) is 4.88. The molecule has 0 spiro atoms. The molecule has 0 atom stereocenters. The van der Waals surface area contributed by atoms with Crippen molar-refractivity contribution in [3.63, 3.8) is 0 Å². The molecule has 1 aromatic heterocycles. The van der Waals surface area contributed by atoms with Crippen LogP contribution in [0.4, 0.5) is 13.8 Å². The number of fused-ring (bicyclic) bond motifs is 1. The molecule has 0 unspecified atom stereocenters. The number of anilines is 1. The number of primary amides is 1. The fourth-order valence-electron chi connectivity index (χ4n) is 3.06. The number of esters is 1. The third-order valence-corrected chi connectivity index (χ3v) is 5.53. The molecule has 1 aliphatic carbocycles. The van der Waals surface area contributed by atoms with E-state index in [1.54, 1.807) is 0 Å². The number of ether oxygens (including phenoxy) is 2. The van der Waals surface area contributed by atoms with Gasteiger partial charge in [-0.1, -0.05) is 0 Å². The van der Waals surface area contributed by atoms with Gasteiger partial charge in [-0.25, -0.2) is 4.79 Å². The SMILES string of the molecule is NC(=O)c1c(NC(=O)COC(=O)c2ccc(OC(F)F)cc2)sc2c1CCCC2. The summed E-state index contributed by atoms with van der Waals surface area (Å²) in [5.41, 5.74) is 6.75. The maximum atomic E-state index is 12.2. The lowest BCUT2D eigenvalue weighted by molar-refractivity contribution is -0.119. The van der Waals surface area contributed by atoms with Gasteiger partial charge in [0.1, 0.15) is 10.8 Å². The molecule has 0 aliphatic heterocycles. The Morgan fingerprint density at radius 1 is 1.14 bits per heavy atom. The van der Waals surface area contributed by atoms with Crippen LogP contribution >= 0.6 is 11.3 Å². The summed E-state index contributed by atoms with van der Waals surface area (Å²) < 4.78 is 33.4. The van der Waals surface area contributed by atoms with E-state index in [1.807, 2.05) is 0 Å². The van der Waals surface area contributed by atoms with E-state index in [1.165, 1.54) is 35.6 Å². The Labute approximate surface area is 168 Å². The Bertz CT molecular complexity index is 927. The van der Waals surface area contributed by atoms with Gasteiger partial charge in [0.25, 0.3) is 11.8 Å². The van der Waals surface area contributed by atoms with E-state index >= 15 is 0 Å². The second-order valence-corrected chi connectivity index (χ2v) is 7.41. The number of hydrogen-bond donors (Lipinski definition) is 2. The zero-order valence-corrected chi connectivity index (χ0v) is 16.0. The number of nitrogens with two attached hydrogens (primary N) is 1. The summed E-state index contributed by atoms with van der Waals surface area (Å²) in [4.78, 5) is 37.0. The molecular formula is C19H18F2N2O5S. The van der Waals surface area contributed by atoms with E-state index in [2.05, 4.69) is 10.1 Å². The number of alkyl halides is 2. The lowest BCUT2D eigenvalue weighted by atomic mass is 9.95. The summed E-state index contributed by atoms with van der Waals surface area (Å²) in [6.45, 7) is -3.54. The first-order chi connectivity index (χ1) is 13.8. The highest BCUT2D eigenvalue weighted by Gasteiger charge is 2.25. The lowest BCUT2D eigenvalue weighted by Crippen LogP contribution is -2.23. The molecular weight excluding hydrogens is 406 g/mol. The van der Waals surface area contributed by atoms with Crippen LogP contribution in [0, 0.1) is 0 Å². The number of benzene rings is 1. The van der Waals surface area contributed by atoms with Crippen molar-refractivity contribution in [1.29, 1.82) is 0 Å². The van der Waals surface area contributed by atoms with Gasteiger partial charge in [-0.15, -0.1) is 11.3 Å². The minimum absolute atomic E-state index is 0.0730. The van der Waals surface area contributed by atoms with Crippen molar-refractivity contribution in [2.24, 2.45) is 5.73 Å². The van der Waals surface area contributed by atoms with Crippen LogP contribution in [0.25, 0.3) is 0 Å². The summed E-state index contributed by atoms with van der Waals surface area (Å²) in [6.07, 6.45) is 3.53. The average Bonchev–Trinajstić information content (AvgIpc) is 3.04. The second kappa shape index (κ2) is 8.99. The molecule has 7 nitrogen and oxygen atoms in total. The van der Waals surface area contributed by atoms with Crippen molar-refractivity contribution in [2.45, 2.75) is 32.3 Å². The van der Waals surface area contributed by atoms with Gasteiger partial charge in [0, 0.05) is 4.88 Å². The van der Waals surface area contributed by atoms with Crippen molar-refractivity contribution in [2.75, 3.05) is 11.9 Å². The Hall–Kier alpha value is -3.01. The molecule has 1 aliphatic rings. The third kappa shape index (κ3) is 5.08. The molecule has 2 aromatic rings. The van der Waals surface area contributed by atoms with E-state index in [4.69, 9.17) is 10.5 Å². The first-order valence-electron chi connectivity index (χ1n) is 8.81. The van der Waals surface area contributed by atoms with Crippen LogP contribution in [-0.4, -0.2) is 31.0 Å². The van der Waals surface area contributed by atoms with E-state index in [0.717, 1.165) is 36.1 Å². The van der Waals surface area contributed by atoms with Gasteiger partial charge in [0.15, 0.2) is 6.61 Å². The number of halogens is 2. The molecule has 3 rings (SSSR count). The maximum absolute atomic E-state index is 12.2. The standard InChI is InChI=1S/C19H18F2N2O5S/c20-19(21)28-11-7-5-10(6-8-11)18(26)27-9-14(24)23-17-15(16(22)25)12-3-1-2-4-13(12)29-17/h5-8,19H,1-4,9H2,(H2,22,25)(H,23,24). The first kappa shape index (κ1) is 20.7. The van der Waals surface area contributed by atoms with E-state index in [0.29, 0.717) is 10.6 Å². The lowest BCUT2D eigenvalue weighted by Gasteiger charge is -2.11. The average molecular weight is 424 g/mol. The fraction of sp³-hybridized carbons (Fsp3) is 0.316. The van der Waals surface area contributed by atoms with E-state index in [-0.39, 0.29) is 11.3 Å². The number of hydrogen-bond acceptors (Lipinski definition) is 6. The van der Waals surface area contributed by atoms with Gasteiger partial charge in [-0.3, -0.25) is 9.59 Å². The minimum atomic E-state index is -2.97. The normalized spacial score (nSPS) is 12.9. The van der Waals surface area contributed by atoms with Crippen LogP contribution in [0.2, 0.25) is 0 Å². The number of carbonyl (C=O) groups excluding carboxylic acids is 3. The first-order valence-corrected chi connectivity index (χ1v) is 9.63. The molecule has 29 heavy (non-hydrogen) atoms. The molecule has 0 saturated carbocycles. The molecule has 10 heteroatoms. The van der Waals surface area contributed by atoms with E-state index in [9.17, 15) is 23.2 Å². The summed E-state index contributed by atoms with van der Waals surface area (Å²) in [5.74, 6) is -2.13. The van der Waals surface area contributed by atoms with Crippen LogP contribution in [0.5, 0.6) is 5.75 Å². The molecule has 0 radical (unpaired) electrons. The van der Waals surface area contributed by atoms with Crippen molar-refractivity contribution in [1.82, 2.24) is 0 Å². The smallest absolute Gasteiger partial charge is 0.387 e. The predicted octanol–water partition coefficient (Wildman–Crippen LogP) is 3.12. The van der Waals surface area contributed by atoms with Gasteiger partial charge in [0.2, 0.25) is 0 Å². The largest absolute Gasteiger partial charge is 0.452 e. The molecule has 1 aromatic carbocycles. The van der Waals surface area contributed by atoms with Crippen molar-refractivity contribution in [3.05, 3.63) is 45.8 Å². The Morgan fingerprint density at radius 3 is 2.48 bits per heavy atom. The molecule has 0 saturated heterocycles. The topological polar surface area (TPSA) is 108 Å². The number of aryl methyl sites for hydroxylation is 1. The highest BCUT2D eigenvalue weighted by atomic mass is 32.1. The van der Waals surface area contributed by atoms with Crippen LogP contribution in [-0.2, 0) is 22.4 Å². The Morgan fingerprint density at radius 2 is 1.83 bits per heavy atom. The summed E-state index contributed by atoms with van der Waals surface area (Å²) in [7, 11) is 0. The highest BCUT2D eigenvalue weighted by molar-refractivity contribution is 7.17. The van der Waals surface area contributed by atoms with E-state index < -0.39 is 31.0 Å². The number of thiophene rings is 1. The predicted molar refractivity (Wildman–Crippen MR) is 101 cm³/mol. The zero-order chi connectivity index (χ0) is 21.0. The van der Waals surface area contributed by atoms with Gasteiger partial charge in [0.05, 0.1) is 11.1 Å². The number of carbonyl (C=O) groups is 3. The number of amides is 2. The zero-order valence-electron chi connectivity index (χ0n) is 15.2. The van der Waals surface area contributed by atoms with Crippen LogP contribution in [0.3, 0.4) is 0 Å². The van der Waals surface area contributed by atoms with Crippen LogP contribution < -0.4 is 15.8 Å². The van der Waals surface area contributed by atoms with Gasteiger partial charge in [-0.2, -0.15) is 8.78 Å². The second-order valence-electron chi connectivity index (χ2n) is 6.31. The highest BCUT2D eigenvalue weighted by Crippen LogP contribution is 2.37. The molecule has 1 heterocycles. The van der Waals surface area contributed by atoms with Gasteiger partial charge < -0.3 is 20.5 Å². The maximum Gasteiger partial charge on any atom is 0.387 e. The molecule has 3 N–H and O–H groups in total. The van der Waals surface area contributed by atoms with Crippen molar-refractivity contribution < 1.29 is 32.6 Å². The third-order valence-electron chi connectivity index (χ3n) is 4.32. The van der Waals surface area contributed by atoms with Crippen LogP contribution in [0.1, 0.15) is 44.0 Å². The van der Waals surface area contributed by atoms with Crippen molar-refractivity contribution in [3.8, 4) is 5.75 Å². The number of nitrogens with one attached hydrogen (secondary N) is 1. The van der Waals surface area contributed by atoms with Gasteiger partial charge in [-0.05, 0) is 55.5 Å². The van der Waals surface area contributed by atoms with Gasteiger partial charge >= 0.3 is 12.6 Å². The van der Waals surface area contributed by atoms with Crippen molar-refractivity contribution >= 4 is 34.1 Å². The molecule has 0 bridgehead atoms. The Kier molecular flexibility index (Phi) is 6.42. The monoisotopic (exact) mass is 424 g/mol. The summed E-state index contributed by atoms with van der Waals surface area (Å²) >= 11 is 1.31. The van der Waals surface area contributed by atoms with Crippen LogP contribution in [0.15, 0.2) is 24.3 Å². The minimum Gasteiger partial charge on any atom is -0.452 e. The molecule has 2 amide bonds. The molecule has 0 fully saturated rings.